The van der Waals surface area contributed by atoms with E-state index in [9.17, 15) is 4.79 Å². The van der Waals surface area contributed by atoms with Gasteiger partial charge in [-0.05, 0) is 41.2 Å². The SMILES string of the molecule is CN1CCN(C(=O)Nc2ccc(Br)c(Cl)c2)CC1. The molecule has 0 atom stereocenters. The Kier molecular flexibility index (Phi) is 4.48. The van der Waals surface area contributed by atoms with E-state index in [2.05, 4.69) is 33.2 Å². The first-order valence-electron chi connectivity index (χ1n) is 5.76. The molecule has 6 heteroatoms. The third-order valence-electron chi connectivity index (χ3n) is 2.96. The Morgan fingerprint density at radius 2 is 2.00 bits per heavy atom. The molecule has 98 valence electrons. The number of benzene rings is 1. The second-order valence-corrected chi connectivity index (χ2v) is 5.61. The number of hydrogen-bond acceptors (Lipinski definition) is 2. The molecular formula is C12H15BrClN3O. The number of likely N-dealkylation sites (N-methyl/N-ethyl adjacent to an activating group) is 1. The van der Waals surface area contributed by atoms with Gasteiger partial charge in [0.15, 0.2) is 0 Å². The average molecular weight is 333 g/mol. The highest BCUT2D eigenvalue weighted by Crippen LogP contribution is 2.25. The van der Waals surface area contributed by atoms with Gasteiger partial charge in [-0.15, -0.1) is 0 Å². The monoisotopic (exact) mass is 331 g/mol. The van der Waals surface area contributed by atoms with Gasteiger partial charge in [-0.3, -0.25) is 0 Å². The number of halogens is 2. The molecule has 1 heterocycles. The van der Waals surface area contributed by atoms with E-state index in [-0.39, 0.29) is 6.03 Å². The van der Waals surface area contributed by atoms with E-state index in [1.807, 2.05) is 17.0 Å². The fourth-order valence-electron chi connectivity index (χ4n) is 1.79. The minimum atomic E-state index is -0.0681. The van der Waals surface area contributed by atoms with Crippen LogP contribution in [0.2, 0.25) is 5.02 Å². The van der Waals surface area contributed by atoms with E-state index in [0.29, 0.717) is 10.7 Å². The minimum Gasteiger partial charge on any atom is -0.322 e. The van der Waals surface area contributed by atoms with Crippen molar-refractivity contribution >= 4 is 39.2 Å². The van der Waals surface area contributed by atoms with E-state index in [1.54, 1.807) is 6.07 Å². The van der Waals surface area contributed by atoms with E-state index >= 15 is 0 Å². The van der Waals surface area contributed by atoms with Crippen LogP contribution in [0.4, 0.5) is 10.5 Å². The predicted molar refractivity (Wildman–Crippen MR) is 77.2 cm³/mol. The zero-order valence-corrected chi connectivity index (χ0v) is 12.5. The van der Waals surface area contributed by atoms with Crippen molar-refractivity contribution in [2.45, 2.75) is 0 Å². The molecule has 1 N–H and O–H groups in total. The lowest BCUT2D eigenvalue weighted by Crippen LogP contribution is -2.48. The highest BCUT2D eigenvalue weighted by molar-refractivity contribution is 9.10. The molecule has 2 rings (SSSR count). The summed E-state index contributed by atoms with van der Waals surface area (Å²) < 4.78 is 0.821. The van der Waals surface area contributed by atoms with Gasteiger partial charge in [-0.2, -0.15) is 0 Å². The van der Waals surface area contributed by atoms with Crippen LogP contribution < -0.4 is 5.32 Å². The topological polar surface area (TPSA) is 35.6 Å². The van der Waals surface area contributed by atoms with E-state index in [1.165, 1.54) is 0 Å². The number of hydrogen-bond donors (Lipinski definition) is 1. The Balaban J connectivity index is 1.96. The Bertz CT molecular complexity index is 447. The van der Waals surface area contributed by atoms with Crippen molar-refractivity contribution < 1.29 is 4.79 Å². The van der Waals surface area contributed by atoms with Crippen LogP contribution in [0.25, 0.3) is 0 Å². The van der Waals surface area contributed by atoms with Crippen LogP contribution in [0.1, 0.15) is 0 Å². The molecule has 0 unspecified atom stereocenters. The minimum absolute atomic E-state index is 0.0681. The number of amides is 2. The molecule has 1 saturated heterocycles. The van der Waals surface area contributed by atoms with Crippen molar-refractivity contribution in [3.05, 3.63) is 27.7 Å². The highest BCUT2D eigenvalue weighted by atomic mass is 79.9. The van der Waals surface area contributed by atoms with Crippen molar-refractivity contribution in [3.63, 3.8) is 0 Å². The highest BCUT2D eigenvalue weighted by Gasteiger charge is 2.18. The normalized spacial score (nSPS) is 16.7. The zero-order chi connectivity index (χ0) is 13.1. The fraction of sp³-hybridized carbons (Fsp3) is 0.417. The number of carbonyl (C=O) groups excluding carboxylic acids is 1. The summed E-state index contributed by atoms with van der Waals surface area (Å²) in [6.45, 7) is 3.34. The maximum atomic E-state index is 12.0. The Labute approximate surface area is 120 Å². The van der Waals surface area contributed by atoms with Crippen LogP contribution in [0.3, 0.4) is 0 Å². The van der Waals surface area contributed by atoms with E-state index in [0.717, 1.165) is 30.7 Å². The first-order chi connectivity index (χ1) is 8.56. The smallest absolute Gasteiger partial charge is 0.321 e. The van der Waals surface area contributed by atoms with Crippen molar-refractivity contribution in [2.75, 3.05) is 38.5 Å². The van der Waals surface area contributed by atoms with Gasteiger partial charge in [0.25, 0.3) is 0 Å². The molecule has 0 bridgehead atoms. The molecule has 1 aromatic rings. The molecule has 1 aliphatic rings. The summed E-state index contributed by atoms with van der Waals surface area (Å²) in [5, 5.41) is 3.45. The third-order valence-corrected chi connectivity index (χ3v) is 4.19. The van der Waals surface area contributed by atoms with Crippen molar-refractivity contribution in [1.29, 1.82) is 0 Å². The fourth-order valence-corrected chi connectivity index (χ4v) is 2.21. The average Bonchev–Trinajstić information content (AvgIpc) is 2.34. The first-order valence-corrected chi connectivity index (χ1v) is 6.93. The molecular weight excluding hydrogens is 318 g/mol. The summed E-state index contributed by atoms with van der Waals surface area (Å²) in [6.07, 6.45) is 0. The summed E-state index contributed by atoms with van der Waals surface area (Å²) in [7, 11) is 2.06. The summed E-state index contributed by atoms with van der Waals surface area (Å²) in [5.41, 5.74) is 0.715. The number of nitrogens with one attached hydrogen (secondary N) is 1. The van der Waals surface area contributed by atoms with Crippen LogP contribution in [0.15, 0.2) is 22.7 Å². The van der Waals surface area contributed by atoms with Gasteiger partial charge in [0.2, 0.25) is 0 Å². The summed E-state index contributed by atoms with van der Waals surface area (Å²) in [4.78, 5) is 16.0. The standard InChI is InChI=1S/C12H15BrClN3O/c1-16-4-6-17(7-5-16)12(18)15-9-2-3-10(13)11(14)8-9/h2-3,8H,4-7H2,1H3,(H,15,18). The Hall–Kier alpha value is -0.780. The van der Waals surface area contributed by atoms with Crippen LogP contribution in [0.5, 0.6) is 0 Å². The molecule has 4 nitrogen and oxygen atoms in total. The molecule has 0 aromatic heterocycles. The summed E-state index contributed by atoms with van der Waals surface area (Å²) >= 11 is 9.30. The van der Waals surface area contributed by atoms with Gasteiger partial charge in [-0.25, -0.2) is 4.79 Å². The molecule has 2 amide bonds. The van der Waals surface area contributed by atoms with Gasteiger partial charge < -0.3 is 15.1 Å². The van der Waals surface area contributed by atoms with Crippen LogP contribution in [-0.2, 0) is 0 Å². The summed E-state index contributed by atoms with van der Waals surface area (Å²) in [6, 6.07) is 5.31. The number of rotatable bonds is 1. The molecule has 18 heavy (non-hydrogen) atoms. The number of piperazine rings is 1. The number of carbonyl (C=O) groups is 1. The maximum Gasteiger partial charge on any atom is 0.321 e. The zero-order valence-electron chi connectivity index (χ0n) is 10.1. The van der Waals surface area contributed by atoms with Crippen molar-refractivity contribution in [1.82, 2.24) is 9.80 Å². The summed E-state index contributed by atoms with van der Waals surface area (Å²) in [5.74, 6) is 0. The number of urea groups is 1. The lowest BCUT2D eigenvalue weighted by atomic mass is 10.3. The number of nitrogens with zero attached hydrogens (tertiary/aromatic N) is 2. The van der Waals surface area contributed by atoms with Crippen LogP contribution in [-0.4, -0.2) is 49.1 Å². The first kappa shape index (κ1) is 13.6. The molecule has 0 aliphatic carbocycles. The van der Waals surface area contributed by atoms with E-state index < -0.39 is 0 Å². The lowest BCUT2D eigenvalue weighted by Gasteiger charge is -2.32. The molecule has 0 radical (unpaired) electrons. The Morgan fingerprint density at radius 3 is 2.61 bits per heavy atom. The second-order valence-electron chi connectivity index (χ2n) is 4.35. The largest absolute Gasteiger partial charge is 0.322 e. The quantitative estimate of drug-likeness (QED) is 0.858. The molecule has 1 fully saturated rings. The van der Waals surface area contributed by atoms with Crippen LogP contribution >= 0.6 is 27.5 Å². The second kappa shape index (κ2) is 5.91. The molecule has 1 aliphatic heterocycles. The van der Waals surface area contributed by atoms with E-state index in [4.69, 9.17) is 11.6 Å². The van der Waals surface area contributed by atoms with Crippen molar-refractivity contribution in [2.24, 2.45) is 0 Å². The molecule has 0 saturated carbocycles. The molecule has 0 spiro atoms. The van der Waals surface area contributed by atoms with Gasteiger partial charge in [-0.1, -0.05) is 11.6 Å². The van der Waals surface area contributed by atoms with Crippen LogP contribution in [0, 0.1) is 0 Å². The lowest BCUT2D eigenvalue weighted by molar-refractivity contribution is 0.164. The van der Waals surface area contributed by atoms with Gasteiger partial charge in [0, 0.05) is 36.3 Å². The van der Waals surface area contributed by atoms with Gasteiger partial charge in [0.1, 0.15) is 0 Å². The van der Waals surface area contributed by atoms with Crippen molar-refractivity contribution in [3.8, 4) is 0 Å². The maximum absolute atomic E-state index is 12.0. The molecule has 1 aromatic carbocycles. The van der Waals surface area contributed by atoms with Gasteiger partial charge in [0.05, 0.1) is 5.02 Å². The number of anilines is 1. The Morgan fingerprint density at radius 1 is 1.33 bits per heavy atom. The van der Waals surface area contributed by atoms with Gasteiger partial charge >= 0.3 is 6.03 Å². The predicted octanol–water partition coefficient (Wildman–Crippen LogP) is 2.88. The third kappa shape index (κ3) is 3.37.